The lowest BCUT2D eigenvalue weighted by atomic mass is 10.2. The number of hydrogen-bond donors (Lipinski definition) is 2. The number of carbonyl (C=O) groups is 1. The number of carboxylic acid groups (broad SMARTS) is 1. The predicted octanol–water partition coefficient (Wildman–Crippen LogP) is 0.679. The molecule has 9 heteroatoms. The first-order valence-electron chi connectivity index (χ1n) is 8.29. The van der Waals surface area contributed by atoms with Crippen LogP contribution in [0.2, 0.25) is 0 Å². The summed E-state index contributed by atoms with van der Waals surface area (Å²) >= 11 is 0. The lowest BCUT2D eigenvalue weighted by Gasteiger charge is -2.30. The van der Waals surface area contributed by atoms with Crippen LogP contribution in [0.25, 0.3) is 0 Å². The fourth-order valence-corrected chi connectivity index (χ4v) is 4.33. The van der Waals surface area contributed by atoms with Gasteiger partial charge in [-0.2, -0.15) is 0 Å². The Labute approximate surface area is 146 Å². The van der Waals surface area contributed by atoms with E-state index in [1.165, 1.54) is 12.1 Å². The number of morpholine rings is 1. The van der Waals surface area contributed by atoms with Crippen LogP contribution in [0, 0.1) is 0 Å². The van der Waals surface area contributed by atoms with Crippen LogP contribution in [0.5, 0.6) is 0 Å². The molecule has 0 saturated carbocycles. The van der Waals surface area contributed by atoms with Crippen molar-refractivity contribution in [1.29, 1.82) is 0 Å². The van der Waals surface area contributed by atoms with E-state index in [4.69, 9.17) is 9.47 Å². The molecule has 1 atom stereocenters. The third-order valence-electron chi connectivity index (χ3n) is 4.37. The minimum absolute atomic E-state index is 0.0210. The number of hydrogen-bond acceptors (Lipinski definition) is 6. The lowest BCUT2D eigenvalue weighted by Crippen LogP contribution is -2.38. The zero-order valence-electron chi connectivity index (χ0n) is 13.8. The molecule has 0 radical (unpaired) electrons. The van der Waals surface area contributed by atoms with Crippen LogP contribution in [-0.2, 0) is 19.5 Å². The first-order chi connectivity index (χ1) is 12.0. The molecule has 2 aliphatic heterocycles. The van der Waals surface area contributed by atoms with Crippen LogP contribution in [-0.4, -0.2) is 65.1 Å². The molecule has 0 bridgehead atoms. The molecule has 1 aromatic rings. The highest BCUT2D eigenvalue weighted by Crippen LogP contribution is 2.27. The van der Waals surface area contributed by atoms with E-state index in [0.717, 1.165) is 12.8 Å². The Morgan fingerprint density at radius 3 is 2.68 bits per heavy atom. The second-order valence-electron chi connectivity index (χ2n) is 6.07. The Bertz CT molecular complexity index is 724. The summed E-state index contributed by atoms with van der Waals surface area (Å²) in [7, 11) is -3.86. The maximum Gasteiger partial charge on any atom is 0.335 e. The number of aromatic carboxylic acids is 1. The van der Waals surface area contributed by atoms with Gasteiger partial charge in [-0.15, -0.1) is 0 Å². The number of nitrogens with one attached hydrogen (secondary N) is 1. The molecule has 0 unspecified atom stereocenters. The molecule has 0 spiro atoms. The summed E-state index contributed by atoms with van der Waals surface area (Å²) in [5.41, 5.74) is 0.433. The quantitative estimate of drug-likeness (QED) is 0.758. The third-order valence-corrected chi connectivity index (χ3v) is 5.83. The van der Waals surface area contributed by atoms with E-state index < -0.39 is 16.0 Å². The summed E-state index contributed by atoms with van der Waals surface area (Å²) in [6.45, 7) is 2.94. The van der Waals surface area contributed by atoms with Crippen molar-refractivity contribution in [2.45, 2.75) is 23.8 Å². The zero-order valence-corrected chi connectivity index (χ0v) is 14.6. The number of sulfonamides is 1. The van der Waals surface area contributed by atoms with Gasteiger partial charge in [0.25, 0.3) is 0 Å². The fourth-order valence-electron chi connectivity index (χ4n) is 3.01. The molecule has 0 aliphatic carbocycles. The molecule has 3 rings (SSSR count). The van der Waals surface area contributed by atoms with Gasteiger partial charge in [-0.3, -0.25) is 0 Å². The molecule has 0 amide bonds. The molecule has 0 aromatic heterocycles. The molecule has 2 heterocycles. The fraction of sp³-hybridized carbons (Fsp3) is 0.562. The summed E-state index contributed by atoms with van der Waals surface area (Å²) in [5.74, 6) is -1.16. The second kappa shape index (κ2) is 7.69. The van der Waals surface area contributed by atoms with Crippen molar-refractivity contribution < 1.29 is 27.8 Å². The van der Waals surface area contributed by atoms with E-state index in [9.17, 15) is 18.3 Å². The van der Waals surface area contributed by atoms with Crippen LogP contribution < -0.4 is 9.62 Å². The minimum atomic E-state index is -3.86. The summed E-state index contributed by atoms with van der Waals surface area (Å²) in [5, 5.41) is 9.21. The zero-order chi connectivity index (χ0) is 17.9. The van der Waals surface area contributed by atoms with Crippen molar-refractivity contribution in [3.8, 4) is 0 Å². The molecular weight excluding hydrogens is 348 g/mol. The molecule has 138 valence electrons. The average molecular weight is 370 g/mol. The van der Waals surface area contributed by atoms with Crippen LogP contribution in [0.15, 0.2) is 23.1 Å². The Kier molecular flexibility index (Phi) is 5.57. The van der Waals surface area contributed by atoms with Gasteiger partial charge in [0.1, 0.15) is 4.90 Å². The summed E-state index contributed by atoms with van der Waals surface area (Å²) in [4.78, 5) is 13.1. The first-order valence-corrected chi connectivity index (χ1v) is 9.77. The van der Waals surface area contributed by atoms with Crippen LogP contribution in [0.4, 0.5) is 5.69 Å². The summed E-state index contributed by atoms with van der Waals surface area (Å²) in [6.07, 6.45) is 1.60. The van der Waals surface area contributed by atoms with Gasteiger partial charge in [-0.25, -0.2) is 17.9 Å². The van der Waals surface area contributed by atoms with Crippen molar-refractivity contribution in [1.82, 2.24) is 4.72 Å². The van der Waals surface area contributed by atoms with Crippen LogP contribution in [0.1, 0.15) is 23.2 Å². The van der Waals surface area contributed by atoms with Crippen LogP contribution >= 0.6 is 0 Å². The molecule has 25 heavy (non-hydrogen) atoms. The normalized spacial score (nSPS) is 21.4. The molecular formula is C16H22N2O6S. The second-order valence-corrected chi connectivity index (χ2v) is 7.81. The maximum absolute atomic E-state index is 12.8. The molecule has 2 saturated heterocycles. The lowest BCUT2D eigenvalue weighted by molar-refractivity contribution is 0.0696. The van der Waals surface area contributed by atoms with Gasteiger partial charge in [-0.1, -0.05) is 0 Å². The van der Waals surface area contributed by atoms with E-state index >= 15 is 0 Å². The van der Waals surface area contributed by atoms with Gasteiger partial charge >= 0.3 is 5.97 Å². The molecule has 2 fully saturated rings. The van der Waals surface area contributed by atoms with Crippen molar-refractivity contribution in [2.75, 3.05) is 44.4 Å². The average Bonchev–Trinajstić information content (AvgIpc) is 3.14. The SMILES string of the molecule is O=C(O)c1ccc(N2CCOCC2)c(S(=O)(=O)NC[C@H]2CCCO2)c1. The summed E-state index contributed by atoms with van der Waals surface area (Å²) in [6, 6.07) is 4.19. The highest BCUT2D eigenvalue weighted by molar-refractivity contribution is 7.89. The number of rotatable bonds is 6. The van der Waals surface area contributed by atoms with Crippen molar-refractivity contribution in [3.63, 3.8) is 0 Å². The topological polar surface area (TPSA) is 105 Å². The van der Waals surface area contributed by atoms with Gasteiger partial charge in [0.15, 0.2) is 0 Å². The highest BCUT2D eigenvalue weighted by atomic mass is 32.2. The highest BCUT2D eigenvalue weighted by Gasteiger charge is 2.26. The van der Waals surface area contributed by atoms with E-state index in [-0.39, 0.29) is 23.1 Å². The van der Waals surface area contributed by atoms with Gasteiger partial charge in [-0.05, 0) is 31.0 Å². The van der Waals surface area contributed by atoms with E-state index in [2.05, 4.69) is 4.72 Å². The van der Waals surface area contributed by atoms with Gasteiger partial charge in [0, 0.05) is 26.2 Å². The maximum atomic E-state index is 12.8. The Morgan fingerprint density at radius 1 is 1.28 bits per heavy atom. The Morgan fingerprint density at radius 2 is 2.04 bits per heavy atom. The molecule has 2 aliphatic rings. The van der Waals surface area contributed by atoms with Crippen LogP contribution in [0.3, 0.4) is 0 Å². The standard InChI is InChI=1S/C16H22N2O6S/c19-16(20)12-3-4-14(18-5-8-23-9-6-18)15(10-12)25(21,22)17-11-13-2-1-7-24-13/h3-4,10,13,17H,1-2,5-9,11H2,(H,19,20)/t13-/m1/s1. The number of nitrogens with zero attached hydrogens (tertiary/aromatic N) is 1. The largest absolute Gasteiger partial charge is 0.478 e. The summed E-state index contributed by atoms with van der Waals surface area (Å²) < 4.78 is 38.9. The van der Waals surface area contributed by atoms with Gasteiger partial charge in [0.05, 0.1) is 30.6 Å². The van der Waals surface area contributed by atoms with Crippen molar-refractivity contribution in [2.24, 2.45) is 0 Å². The van der Waals surface area contributed by atoms with Gasteiger partial charge < -0.3 is 19.5 Å². The first kappa shape index (κ1) is 18.1. The van der Waals surface area contributed by atoms with E-state index in [1.54, 1.807) is 6.07 Å². The Hall–Kier alpha value is -1.68. The Balaban J connectivity index is 1.89. The number of anilines is 1. The number of benzene rings is 1. The monoisotopic (exact) mass is 370 g/mol. The minimum Gasteiger partial charge on any atom is -0.478 e. The van der Waals surface area contributed by atoms with Crippen molar-refractivity contribution >= 4 is 21.7 Å². The smallest absolute Gasteiger partial charge is 0.335 e. The predicted molar refractivity (Wildman–Crippen MR) is 90.6 cm³/mol. The molecule has 2 N–H and O–H groups in total. The number of carboxylic acids is 1. The molecule has 8 nitrogen and oxygen atoms in total. The number of ether oxygens (including phenoxy) is 2. The van der Waals surface area contributed by atoms with Crippen molar-refractivity contribution in [3.05, 3.63) is 23.8 Å². The van der Waals surface area contributed by atoms with E-state index in [1.807, 2.05) is 4.90 Å². The van der Waals surface area contributed by atoms with E-state index in [0.29, 0.717) is 38.6 Å². The van der Waals surface area contributed by atoms with Gasteiger partial charge in [0.2, 0.25) is 10.0 Å². The third kappa shape index (κ3) is 4.30. The molecule has 1 aromatic carbocycles.